The van der Waals surface area contributed by atoms with E-state index in [1.165, 1.54) is 18.4 Å². The molecule has 0 saturated carbocycles. The van der Waals surface area contributed by atoms with E-state index < -0.39 is 0 Å². The van der Waals surface area contributed by atoms with Gasteiger partial charge in [0.25, 0.3) is 0 Å². The highest BCUT2D eigenvalue weighted by atomic mass is 16.2. The van der Waals surface area contributed by atoms with Gasteiger partial charge in [0.1, 0.15) is 0 Å². The Hall–Kier alpha value is -2.30. The molecule has 0 aliphatic rings. The molecule has 0 unspecified atom stereocenters. The molecule has 0 saturated heterocycles. The van der Waals surface area contributed by atoms with E-state index >= 15 is 0 Å². The number of aromatic amines is 1. The average molecular weight is 300 g/mol. The van der Waals surface area contributed by atoms with Crippen molar-refractivity contribution in [3.63, 3.8) is 0 Å². The molecule has 0 aliphatic heterocycles. The van der Waals surface area contributed by atoms with Gasteiger partial charge in [-0.25, -0.2) is 4.79 Å². The summed E-state index contributed by atoms with van der Waals surface area (Å²) in [6, 6.07) is 7.94. The van der Waals surface area contributed by atoms with Crippen molar-refractivity contribution in [2.45, 2.75) is 39.7 Å². The zero-order valence-electron chi connectivity index (χ0n) is 13.5. The summed E-state index contributed by atoms with van der Waals surface area (Å²) in [6.45, 7) is 4.66. The lowest BCUT2D eigenvalue weighted by atomic mass is 10.1. The Bertz CT molecular complexity index is 603. The lowest BCUT2D eigenvalue weighted by Gasteiger charge is -2.17. The van der Waals surface area contributed by atoms with E-state index in [2.05, 4.69) is 34.6 Å². The number of benzene rings is 1. The quantitative estimate of drug-likeness (QED) is 0.854. The summed E-state index contributed by atoms with van der Waals surface area (Å²) in [4.78, 5) is 13.8. The van der Waals surface area contributed by atoms with Gasteiger partial charge in [-0.05, 0) is 37.5 Å². The Morgan fingerprint density at radius 3 is 2.64 bits per heavy atom. The van der Waals surface area contributed by atoms with E-state index in [-0.39, 0.29) is 6.03 Å². The maximum Gasteiger partial charge on any atom is 0.321 e. The molecule has 0 bridgehead atoms. The van der Waals surface area contributed by atoms with Crippen LogP contribution in [0, 0.1) is 6.92 Å². The second-order valence-corrected chi connectivity index (χ2v) is 5.61. The van der Waals surface area contributed by atoms with Crippen LogP contribution in [0.3, 0.4) is 0 Å². The molecule has 2 rings (SSSR count). The fraction of sp³-hybridized carbons (Fsp3) is 0.412. The summed E-state index contributed by atoms with van der Waals surface area (Å²) < 4.78 is 0. The summed E-state index contributed by atoms with van der Waals surface area (Å²) in [7, 11) is 1.78. The zero-order valence-corrected chi connectivity index (χ0v) is 13.5. The topological polar surface area (TPSA) is 61.0 Å². The molecule has 2 aromatic rings. The SMILES string of the molecule is CCCCc1ccc(NC(=O)N(C)Cc2cn[nH]c2C)cc1. The van der Waals surface area contributed by atoms with Crippen molar-refractivity contribution < 1.29 is 4.79 Å². The Kier molecular flexibility index (Phi) is 5.58. The summed E-state index contributed by atoms with van der Waals surface area (Å²) in [5.74, 6) is 0. The molecule has 0 aliphatic carbocycles. The van der Waals surface area contributed by atoms with Crippen LogP contribution in [-0.2, 0) is 13.0 Å². The van der Waals surface area contributed by atoms with Gasteiger partial charge in [0.05, 0.1) is 12.7 Å². The number of carbonyl (C=O) groups excluding carboxylic acids is 1. The number of hydrogen-bond acceptors (Lipinski definition) is 2. The molecule has 1 aromatic carbocycles. The number of urea groups is 1. The second kappa shape index (κ2) is 7.64. The molecule has 118 valence electrons. The van der Waals surface area contributed by atoms with Crippen LogP contribution in [0.2, 0.25) is 0 Å². The van der Waals surface area contributed by atoms with Crippen molar-refractivity contribution in [2.75, 3.05) is 12.4 Å². The van der Waals surface area contributed by atoms with Crippen molar-refractivity contribution in [1.29, 1.82) is 0 Å². The number of aromatic nitrogens is 2. The van der Waals surface area contributed by atoms with Gasteiger partial charge in [-0.1, -0.05) is 25.5 Å². The third-order valence-corrected chi connectivity index (χ3v) is 3.71. The number of aryl methyl sites for hydroxylation is 2. The Balaban J connectivity index is 1.89. The van der Waals surface area contributed by atoms with E-state index in [0.29, 0.717) is 6.54 Å². The zero-order chi connectivity index (χ0) is 15.9. The average Bonchev–Trinajstić information content (AvgIpc) is 2.91. The molecule has 0 radical (unpaired) electrons. The Labute approximate surface area is 131 Å². The van der Waals surface area contributed by atoms with Gasteiger partial charge >= 0.3 is 6.03 Å². The number of rotatable bonds is 6. The minimum atomic E-state index is -0.123. The summed E-state index contributed by atoms with van der Waals surface area (Å²) >= 11 is 0. The third kappa shape index (κ3) is 4.35. The highest BCUT2D eigenvalue weighted by molar-refractivity contribution is 5.89. The number of hydrogen-bond donors (Lipinski definition) is 2. The van der Waals surface area contributed by atoms with Gasteiger partial charge in [-0.3, -0.25) is 5.10 Å². The predicted octanol–water partition coefficient (Wildman–Crippen LogP) is 3.72. The molecular weight excluding hydrogens is 276 g/mol. The number of nitrogens with zero attached hydrogens (tertiary/aromatic N) is 2. The van der Waals surface area contributed by atoms with Gasteiger partial charge in [0, 0.05) is 24.0 Å². The van der Waals surface area contributed by atoms with Gasteiger partial charge in [-0.2, -0.15) is 5.10 Å². The lowest BCUT2D eigenvalue weighted by molar-refractivity contribution is 0.220. The molecule has 0 spiro atoms. The predicted molar refractivity (Wildman–Crippen MR) is 88.9 cm³/mol. The molecule has 1 heterocycles. The van der Waals surface area contributed by atoms with E-state index in [9.17, 15) is 4.79 Å². The number of nitrogens with one attached hydrogen (secondary N) is 2. The maximum absolute atomic E-state index is 12.2. The van der Waals surface area contributed by atoms with Crippen molar-refractivity contribution in [1.82, 2.24) is 15.1 Å². The third-order valence-electron chi connectivity index (χ3n) is 3.71. The summed E-state index contributed by atoms with van der Waals surface area (Å²) in [6.07, 6.45) is 5.22. The first-order valence-electron chi connectivity index (χ1n) is 7.70. The molecule has 0 atom stereocenters. The van der Waals surface area contributed by atoms with Crippen LogP contribution in [0.1, 0.15) is 36.6 Å². The molecule has 2 amide bonds. The standard InChI is InChI=1S/C17H24N4O/c1-4-5-6-14-7-9-16(10-8-14)19-17(22)21(3)12-15-11-18-20-13(15)2/h7-11H,4-6,12H2,1-3H3,(H,18,20)(H,19,22). The first kappa shape index (κ1) is 16.1. The largest absolute Gasteiger partial charge is 0.323 e. The van der Waals surface area contributed by atoms with Crippen LogP contribution >= 0.6 is 0 Å². The Morgan fingerprint density at radius 1 is 1.32 bits per heavy atom. The Morgan fingerprint density at radius 2 is 2.05 bits per heavy atom. The van der Waals surface area contributed by atoms with Crippen LogP contribution in [-0.4, -0.2) is 28.2 Å². The summed E-state index contributed by atoms with van der Waals surface area (Å²) in [5.41, 5.74) is 4.13. The van der Waals surface area contributed by atoms with E-state index in [0.717, 1.165) is 23.4 Å². The smallest absolute Gasteiger partial charge is 0.321 e. The van der Waals surface area contributed by atoms with Gasteiger partial charge in [-0.15, -0.1) is 0 Å². The maximum atomic E-state index is 12.2. The normalized spacial score (nSPS) is 10.5. The monoisotopic (exact) mass is 300 g/mol. The lowest BCUT2D eigenvalue weighted by Crippen LogP contribution is -2.30. The summed E-state index contributed by atoms with van der Waals surface area (Å²) in [5, 5.41) is 9.76. The fourth-order valence-electron chi connectivity index (χ4n) is 2.22. The highest BCUT2D eigenvalue weighted by Gasteiger charge is 2.11. The first-order chi connectivity index (χ1) is 10.6. The number of anilines is 1. The van der Waals surface area contributed by atoms with Gasteiger partial charge < -0.3 is 10.2 Å². The van der Waals surface area contributed by atoms with Crippen molar-refractivity contribution in [3.05, 3.63) is 47.3 Å². The molecule has 1 aromatic heterocycles. The van der Waals surface area contributed by atoms with Crippen molar-refractivity contribution in [2.24, 2.45) is 0 Å². The highest BCUT2D eigenvalue weighted by Crippen LogP contribution is 2.13. The molecule has 0 fully saturated rings. The second-order valence-electron chi connectivity index (χ2n) is 5.61. The number of H-pyrrole nitrogens is 1. The van der Waals surface area contributed by atoms with Crippen LogP contribution in [0.25, 0.3) is 0 Å². The van der Waals surface area contributed by atoms with E-state index in [4.69, 9.17) is 0 Å². The fourth-order valence-corrected chi connectivity index (χ4v) is 2.22. The first-order valence-corrected chi connectivity index (χ1v) is 7.70. The molecule has 22 heavy (non-hydrogen) atoms. The van der Waals surface area contributed by atoms with Crippen LogP contribution in [0.5, 0.6) is 0 Å². The van der Waals surface area contributed by atoms with Gasteiger partial charge in [0.2, 0.25) is 0 Å². The number of carbonyl (C=O) groups is 1. The minimum Gasteiger partial charge on any atom is -0.323 e. The van der Waals surface area contributed by atoms with E-state index in [1.807, 2.05) is 19.1 Å². The molecule has 5 heteroatoms. The number of unbranched alkanes of at least 4 members (excludes halogenated alkanes) is 1. The van der Waals surface area contributed by atoms with Crippen molar-refractivity contribution in [3.8, 4) is 0 Å². The molecule has 2 N–H and O–H groups in total. The molecular formula is C17H24N4O. The van der Waals surface area contributed by atoms with Crippen molar-refractivity contribution >= 4 is 11.7 Å². The van der Waals surface area contributed by atoms with E-state index in [1.54, 1.807) is 18.1 Å². The number of amides is 2. The van der Waals surface area contributed by atoms with Crippen LogP contribution in [0.15, 0.2) is 30.5 Å². The molecule has 5 nitrogen and oxygen atoms in total. The minimum absolute atomic E-state index is 0.123. The van der Waals surface area contributed by atoms with Crippen LogP contribution in [0.4, 0.5) is 10.5 Å². The van der Waals surface area contributed by atoms with Gasteiger partial charge in [0.15, 0.2) is 0 Å². The van der Waals surface area contributed by atoms with Crippen LogP contribution < -0.4 is 5.32 Å².